The van der Waals surface area contributed by atoms with Gasteiger partial charge in [-0.25, -0.2) is 0 Å². The second kappa shape index (κ2) is 4.11. The highest BCUT2D eigenvalue weighted by molar-refractivity contribution is 6.29. The highest BCUT2D eigenvalue weighted by atomic mass is 35.5. The van der Waals surface area contributed by atoms with Crippen molar-refractivity contribution in [1.82, 2.24) is 15.1 Å². The van der Waals surface area contributed by atoms with Gasteiger partial charge < -0.3 is 5.32 Å². The van der Waals surface area contributed by atoms with Crippen molar-refractivity contribution < 1.29 is 0 Å². The highest BCUT2D eigenvalue weighted by Crippen LogP contribution is 2.12. The zero-order valence-electron chi connectivity index (χ0n) is 7.54. The number of nitrogens with zero attached hydrogens (tertiary/aromatic N) is 2. The van der Waals surface area contributed by atoms with Crippen molar-refractivity contribution in [3.8, 4) is 0 Å². The lowest BCUT2D eigenvalue weighted by Gasteiger charge is -2.23. The second-order valence-electron chi connectivity index (χ2n) is 3.48. The Balaban J connectivity index is 1.93. The summed E-state index contributed by atoms with van der Waals surface area (Å²) in [7, 11) is 0. The molecule has 1 aliphatic rings. The minimum Gasteiger partial charge on any atom is -0.312 e. The Bertz CT molecular complexity index is 266. The summed E-state index contributed by atoms with van der Waals surface area (Å²) in [6, 6.07) is 2.37. The van der Waals surface area contributed by atoms with E-state index in [1.54, 1.807) is 6.20 Å². The fourth-order valence-electron chi connectivity index (χ4n) is 1.74. The lowest BCUT2D eigenvalue weighted by molar-refractivity contribution is 0.351. The van der Waals surface area contributed by atoms with Gasteiger partial charge in [-0.15, -0.1) is 0 Å². The number of hydrogen-bond donors (Lipinski definition) is 1. The third-order valence-corrected chi connectivity index (χ3v) is 2.79. The van der Waals surface area contributed by atoms with Crippen LogP contribution < -0.4 is 5.32 Å². The van der Waals surface area contributed by atoms with E-state index in [1.165, 1.54) is 19.3 Å². The van der Waals surface area contributed by atoms with Crippen molar-refractivity contribution in [3.63, 3.8) is 0 Å². The fourth-order valence-corrected chi connectivity index (χ4v) is 1.91. The molecule has 1 unspecified atom stereocenters. The van der Waals surface area contributed by atoms with Crippen molar-refractivity contribution in [1.29, 1.82) is 0 Å². The van der Waals surface area contributed by atoms with Crippen LogP contribution in [0.15, 0.2) is 12.3 Å². The van der Waals surface area contributed by atoms with Gasteiger partial charge in [-0.1, -0.05) is 18.0 Å². The van der Waals surface area contributed by atoms with Gasteiger partial charge in [-0.2, -0.15) is 5.10 Å². The van der Waals surface area contributed by atoms with Crippen molar-refractivity contribution in [3.05, 3.63) is 17.4 Å². The number of halogens is 1. The van der Waals surface area contributed by atoms with Crippen molar-refractivity contribution >= 4 is 11.6 Å². The average molecular weight is 200 g/mol. The molecule has 1 atom stereocenters. The SMILES string of the molecule is Clc1ccnn1CC1CCCCN1. The molecule has 0 radical (unpaired) electrons. The zero-order chi connectivity index (χ0) is 9.10. The van der Waals surface area contributed by atoms with Gasteiger partial charge in [0.25, 0.3) is 0 Å². The number of aromatic nitrogens is 2. The Morgan fingerprint density at radius 1 is 1.62 bits per heavy atom. The van der Waals surface area contributed by atoms with Crippen molar-refractivity contribution in [2.24, 2.45) is 0 Å². The summed E-state index contributed by atoms with van der Waals surface area (Å²) in [6.07, 6.45) is 5.58. The Labute approximate surface area is 83.1 Å². The number of piperidine rings is 1. The van der Waals surface area contributed by atoms with E-state index in [9.17, 15) is 0 Å². The molecule has 0 bridgehead atoms. The predicted molar refractivity (Wildman–Crippen MR) is 52.9 cm³/mol. The van der Waals surface area contributed by atoms with Gasteiger partial charge >= 0.3 is 0 Å². The molecule has 0 aliphatic carbocycles. The number of nitrogens with one attached hydrogen (secondary N) is 1. The summed E-state index contributed by atoms with van der Waals surface area (Å²) in [5, 5.41) is 8.35. The first kappa shape index (κ1) is 9.03. The van der Waals surface area contributed by atoms with E-state index in [1.807, 2.05) is 10.7 Å². The molecule has 1 aliphatic heterocycles. The van der Waals surface area contributed by atoms with Gasteiger partial charge in [0, 0.05) is 6.04 Å². The van der Waals surface area contributed by atoms with Crippen LogP contribution in [0.1, 0.15) is 19.3 Å². The molecule has 0 spiro atoms. The summed E-state index contributed by atoms with van der Waals surface area (Å²) < 4.78 is 1.85. The minimum absolute atomic E-state index is 0.547. The molecule has 2 heterocycles. The Kier molecular flexibility index (Phi) is 2.86. The van der Waals surface area contributed by atoms with Crippen LogP contribution in [0.5, 0.6) is 0 Å². The van der Waals surface area contributed by atoms with Crippen LogP contribution in [0.25, 0.3) is 0 Å². The Hall–Kier alpha value is -0.540. The molecule has 0 saturated carbocycles. The van der Waals surface area contributed by atoms with Gasteiger partial charge in [0.1, 0.15) is 5.15 Å². The molecular formula is C9H14ClN3. The lowest BCUT2D eigenvalue weighted by atomic mass is 10.1. The molecule has 72 valence electrons. The maximum Gasteiger partial charge on any atom is 0.127 e. The van der Waals surface area contributed by atoms with E-state index in [-0.39, 0.29) is 0 Å². The van der Waals surface area contributed by atoms with E-state index >= 15 is 0 Å². The highest BCUT2D eigenvalue weighted by Gasteiger charge is 2.13. The normalized spacial score (nSPS) is 23.3. The van der Waals surface area contributed by atoms with Crippen LogP contribution in [-0.2, 0) is 6.54 Å². The van der Waals surface area contributed by atoms with E-state index in [2.05, 4.69) is 10.4 Å². The lowest BCUT2D eigenvalue weighted by Crippen LogP contribution is -2.37. The maximum atomic E-state index is 5.93. The van der Waals surface area contributed by atoms with Crippen LogP contribution >= 0.6 is 11.6 Å². The summed E-state index contributed by atoms with van der Waals surface area (Å²) in [5.74, 6) is 0. The minimum atomic E-state index is 0.547. The first-order chi connectivity index (χ1) is 6.36. The summed E-state index contributed by atoms with van der Waals surface area (Å²) in [4.78, 5) is 0. The van der Waals surface area contributed by atoms with Gasteiger partial charge in [0.15, 0.2) is 0 Å². The molecule has 1 fully saturated rings. The third-order valence-electron chi connectivity index (χ3n) is 2.47. The molecule has 0 amide bonds. The largest absolute Gasteiger partial charge is 0.312 e. The summed E-state index contributed by atoms with van der Waals surface area (Å²) in [5.41, 5.74) is 0. The maximum absolute atomic E-state index is 5.93. The quantitative estimate of drug-likeness (QED) is 0.786. The molecule has 4 heteroatoms. The molecule has 2 rings (SSSR count). The van der Waals surface area contributed by atoms with Crippen molar-refractivity contribution in [2.45, 2.75) is 31.8 Å². The smallest absolute Gasteiger partial charge is 0.127 e. The topological polar surface area (TPSA) is 29.9 Å². The molecule has 3 nitrogen and oxygen atoms in total. The summed E-state index contributed by atoms with van der Waals surface area (Å²) in [6.45, 7) is 2.02. The fraction of sp³-hybridized carbons (Fsp3) is 0.667. The van der Waals surface area contributed by atoms with E-state index in [0.29, 0.717) is 6.04 Å². The molecule has 1 aromatic heterocycles. The van der Waals surface area contributed by atoms with Gasteiger partial charge in [0.05, 0.1) is 12.7 Å². The Morgan fingerprint density at radius 2 is 2.54 bits per heavy atom. The first-order valence-electron chi connectivity index (χ1n) is 4.77. The average Bonchev–Trinajstić information content (AvgIpc) is 2.54. The first-order valence-corrected chi connectivity index (χ1v) is 5.15. The third kappa shape index (κ3) is 2.23. The van der Waals surface area contributed by atoms with E-state index in [0.717, 1.165) is 18.2 Å². The summed E-state index contributed by atoms with van der Waals surface area (Å²) >= 11 is 5.93. The van der Waals surface area contributed by atoms with Gasteiger partial charge in [-0.3, -0.25) is 4.68 Å². The van der Waals surface area contributed by atoms with Crippen LogP contribution in [0.4, 0.5) is 0 Å². The number of hydrogen-bond acceptors (Lipinski definition) is 2. The van der Waals surface area contributed by atoms with Crippen LogP contribution in [0.3, 0.4) is 0 Å². The molecule has 1 N–H and O–H groups in total. The van der Waals surface area contributed by atoms with Gasteiger partial charge in [0.2, 0.25) is 0 Å². The predicted octanol–water partition coefficient (Wildman–Crippen LogP) is 1.68. The molecule has 1 aromatic rings. The second-order valence-corrected chi connectivity index (χ2v) is 3.87. The molecular weight excluding hydrogens is 186 g/mol. The van der Waals surface area contributed by atoms with Crippen LogP contribution in [0, 0.1) is 0 Å². The molecule has 0 aromatic carbocycles. The monoisotopic (exact) mass is 199 g/mol. The van der Waals surface area contributed by atoms with Crippen LogP contribution in [0.2, 0.25) is 5.15 Å². The molecule has 1 saturated heterocycles. The Morgan fingerprint density at radius 3 is 3.15 bits per heavy atom. The molecule has 13 heavy (non-hydrogen) atoms. The standard InChI is InChI=1S/C9H14ClN3/c10-9-4-6-12-13(9)7-8-3-1-2-5-11-8/h4,6,8,11H,1-3,5,7H2. The number of rotatable bonds is 2. The van der Waals surface area contributed by atoms with Crippen LogP contribution in [-0.4, -0.2) is 22.4 Å². The van der Waals surface area contributed by atoms with E-state index in [4.69, 9.17) is 11.6 Å². The zero-order valence-corrected chi connectivity index (χ0v) is 8.30. The van der Waals surface area contributed by atoms with E-state index < -0.39 is 0 Å². The van der Waals surface area contributed by atoms with Gasteiger partial charge in [-0.05, 0) is 25.5 Å². The van der Waals surface area contributed by atoms with Crippen molar-refractivity contribution in [2.75, 3.05) is 6.54 Å².